The molecule has 1 aliphatic rings. The zero-order valence-corrected chi connectivity index (χ0v) is 12.0. The van der Waals surface area contributed by atoms with Gasteiger partial charge in [-0.05, 0) is 38.4 Å². The van der Waals surface area contributed by atoms with E-state index in [2.05, 4.69) is 4.98 Å². The van der Waals surface area contributed by atoms with E-state index in [1.165, 1.54) is 0 Å². The molecular weight excluding hydrogens is 268 g/mol. The average Bonchev–Trinajstić information content (AvgIpc) is 3.08. The molecule has 1 unspecified atom stereocenters. The molecule has 0 amide bonds. The van der Waals surface area contributed by atoms with Crippen molar-refractivity contribution in [1.29, 1.82) is 0 Å². The van der Waals surface area contributed by atoms with Gasteiger partial charge >= 0.3 is 5.97 Å². The molecule has 1 fully saturated rings. The molecule has 5 heteroatoms. The molecule has 1 saturated heterocycles. The van der Waals surface area contributed by atoms with E-state index < -0.39 is 12.0 Å². The van der Waals surface area contributed by atoms with Gasteiger partial charge in [0, 0.05) is 12.1 Å². The van der Waals surface area contributed by atoms with Crippen molar-refractivity contribution in [3.05, 3.63) is 41.8 Å². The number of benzene rings is 1. The number of aryl methyl sites for hydroxylation is 1. The van der Waals surface area contributed by atoms with Gasteiger partial charge in [-0.1, -0.05) is 18.2 Å². The third kappa shape index (κ3) is 2.83. The molecule has 0 aliphatic carbocycles. The van der Waals surface area contributed by atoms with Gasteiger partial charge in [-0.25, -0.2) is 4.98 Å². The van der Waals surface area contributed by atoms with E-state index in [0.717, 1.165) is 30.0 Å². The molecule has 1 aromatic heterocycles. The monoisotopic (exact) mass is 286 g/mol. The fourth-order valence-electron chi connectivity index (χ4n) is 2.77. The molecule has 1 N–H and O–H groups in total. The van der Waals surface area contributed by atoms with Crippen LogP contribution in [0.4, 0.5) is 0 Å². The second-order valence-electron chi connectivity index (χ2n) is 5.35. The van der Waals surface area contributed by atoms with Crippen molar-refractivity contribution in [2.75, 3.05) is 6.54 Å². The Morgan fingerprint density at radius 1 is 1.43 bits per heavy atom. The Balaban J connectivity index is 1.81. The van der Waals surface area contributed by atoms with Crippen LogP contribution in [-0.2, 0) is 11.3 Å². The molecule has 0 radical (unpaired) electrons. The van der Waals surface area contributed by atoms with E-state index >= 15 is 0 Å². The lowest BCUT2D eigenvalue weighted by Crippen LogP contribution is -2.35. The molecule has 0 spiro atoms. The summed E-state index contributed by atoms with van der Waals surface area (Å²) in [6, 6.07) is 9.32. The van der Waals surface area contributed by atoms with Crippen LogP contribution >= 0.6 is 0 Å². The lowest BCUT2D eigenvalue weighted by atomic mass is 10.2. The topological polar surface area (TPSA) is 66.6 Å². The van der Waals surface area contributed by atoms with Crippen LogP contribution in [-0.4, -0.2) is 33.5 Å². The smallest absolute Gasteiger partial charge is 0.320 e. The predicted octanol–water partition coefficient (Wildman–Crippen LogP) is 2.70. The molecule has 2 aromatic rings. The van der Waals surface area contributed by atoms with Crippen LogP contribution in [0.1, 0.15) is 24.3 Å². The first kappa shape index (κ1) is 13.8. The highest BCUT2D eigenvalue weighted by atomic mass is 16.4. The van der Waals surface area contributed by atoms with Gasteiger partial charge in [-0.3, -0.25) is 9.69 Å². The van der Waals surface area contributed by atoms with Gasteiger partial charge in [-0.2, -0.15) is 0 Å². The lowest BCUT2D eigenvalue weighted by Gasteiger charge is -2.19. The van der Waals surface area contributed by atoms with E-state index in [-0.39, 0.29) is 0 Å². The van der Waals surface area contributed by atoms with Gasteiger partial charge in [0.2, 0.25) is 5.89 Å². The number of nitrogens with zero attached hydrogens (tertiary/aromatic N) is 2. The predicted molar refractivity (Wildman–Crippen MR) is 77.7 cm³/mol. The van der Waals surface area contributed by atoms with Gasteiger partial charge in [0.15, 0.2) is 0 Å². The number of oxazole rings is 1. The van der Waals surface area contributed by atoms with E-state index in [1.807, 2.05) is 42.2 Å². The molecule has 5 nitrogen and oxygen atoms in total. The van der Waals surface area contributed by atoms with Crippen molar-refractivity contribution in [2.24, 2.45) is 0 Å². The van der Waals surface area contributed by atoms with E-state index in [4.69, 9.17) is 4.42 Å². The Morgan fingerprint density at radius 2 is 2.19 bits per heavy atom. The van der Waals surface area contributed by atoms with Crippen LogP contribution in [0.15, 0.2) is 34.7 Å². The van der Waals surface area contributed by atoms with Gasteiger partial charge < -0.3 is 9.52 Å². The number of likely N-dealkylation sites (tertiary alicyclic amines) is 1. The summed E-state index contributed by atoms with van der Waals surface area (Å²) >= 11 is 0. The summed E-state index contributed by atoms with van der Waals surface area (Å²) in [5, 5.41) is 9.23. The number of hydrogen-bond donors (Lipinski definition) is 1. The van der Waals surface area contributed by atoms with Crippen LogP contribution in [0.3, 0.4) is 0 Å². The normalized spacial score (nSPS) is 19.0. The first-order valence-electron chi connectivity index (χ1n) is 7.14. The third-order valence-electron chi connectivity index (χ3n) is 3.91. The van der Waals surface area contributed by atoms with Crippen molar-refractivity contribution in [2.45, 2.75) is 32.4 Å². The van der Waals surface area contributed by atoms with Crippen molar-refractivity contribution in [1.82, 2.24) is 9.88 Å². The van der Waals surface area contributed by atoms with Crippen molar-refractivity contribution in [3.8, 4) is 11.5 Å². The highest BCUT2D eigenvalue weighted by Crippen LogP contribution is 2.25. The first-order valence-corrected chi connectivity index (χ1v) is 7.14. The second-order valence-corrected chi connectivity index (χ2v) is 5.35. The molecule has 1 aliphatic heterocycles. The van der Waals surface area contributed by atoms with Gasteiger partial charge in [-0.15, -0.1) is 0 Å². The summed E-state index contributed by atoms with van der Waals surface area (Å²) in [5.74, 6) is 0.594. The fourth-order valence-corrected chi connectivity index (χ4v) is 2.77. The SMILES string of the molecule is Cc1oc(-c2ccccc2)nc1CN1CCCC1C(=O)O. The molecule has 0 bridgehead atoms. The van der Waals surface area contributed by atoms with E-state index in [1.54, 1.807) is 0 Å². The standard InChI is InChI=1S/C16H18N2O3/c1-11-13(10-18-9-5-8-14(18)16(19)20)17-15(21-11)12-6-3-2-4-7-12/h2-4,6-7,14H,5,8-10H2,1H3,(H,19,20). The largest absolute Gasteiger partial charge is 0.480 e. The van der Waals surface area contributed by atoms with Gasteiger partial charge in [0.25, 0.3) is 0 Å². The maximum absolute atomic E-state index is 11.2. The second kappa shape index (κ2) is 5.69. The summed E-state index contributed by atoms with van der Waals surface area (Å²) in [7, 11) is 0. The Hall–Kier alpha value is -2.14. The quantitative estimate of drug-likeness (QED) is 0.936. The average molecular weight is 286 g/mol. The molecule has 3 rings (SSSR count). The number of rotatable bonds is 4. The minimum atomic E-state index is -0.753. The van der Waals surface area contributed by atoms with E-state index in [9.17, 15) is 9.90 Å². The van der Waals surface area contributed by atoms with E-state index in [0.29, 0.717) is 18.9 Å². The van der Waals surface area contributed by atoms with Gasteiger partial charge in [0.05, 0.1) is 5.69 Å². The molecule has 1 atom stereocenters. The number of carbonyl (C=O) groups is 1. The molecule has 2 heterocycles. The van der Waals surface area contributed by atoms with Crippen LogP contribution in [0.5, 0.6) is 0 Å². The van der Waals surface area contributed by atoms with Crippen molar-refractivity contribution >= 4 is 5.97 Å². The van der Waals surface area contributed by atoms with Crippen LogP contribution in [0.25, 0.3) is 11.5 Å². The number of carboxylic acid groups (broad SMARTS) is 1. The fraction of sp³-hybridized carbons (Fsp3) is 0.375. The number of aromatic nitrogens is 1. The van der Waals surface area contributed by atoms with Crippen LogP contribution in [0.2, 0.25) is 0 Å². The molecule has 110 valence electrons. The molecular formula is C16H18N2O3. The molecule has 1 aromatic carbocycles. The Morgan fingerprint density at radius 3 is 2.90 bits per heavy atom. The molecule has 0 saturated carbocycles. The van der Waals surface area contributed by atoms with Crippen molar-refractivity contribution < 1.29 is 14.3 Å². The minimum Gasteiger partial charge on any atom is -0.480 e. The van der Waals surface area contributed by atoms with Gasteiger partial charge in [0.1, 0.15) is 11.8 Å². The summed E-state index contributed by atoms with van der Waals surface area (Å²) in [4.78, 5) is 17.7. The Kier molecular flexibility index (Phi) is 3.75. The van der Waals surface area contributed by atoms with Crippen LogP contribution < -0.4 is 0 Å². The highest BCUT2D eigenvalue weighted by Gasteiger charge is 2.31. The number of hydrogen-bond acceptors (Lipinski definition) is 4. The summed E-state index contributed by atoms with van der Waals surface area (Å²) in [5.41, 5.74) is 1.75. The summed E-state index contributed by atoms with van der Waals surface area (Å²) in [6.07, 6.45) is 1.62. The highest BCUT2D eigenvalue weighted by molar-refractivity contribution is 5.73. The maximum atomic E-state index is 11.2. The molecule has 21 heavy (non-hydrogen) atoms. The Labute approximate surface area is 123 Å². The third-order valence-corrected chi connectivity index (χ3v) is 3.91. The number of aliphatic carboxylic acids is 1. The first-order chi connectivity index (χ1) is 10.1. The van der Waals surface area contributed by atoms with Crippen LogP contribution in [0, 0.1) is 6.92 Å². The zero-order valence-electron chi connectivity index (χ0n) is 12.0. The zero-order chi connectivity index (χ0) is 14.8. The maximum Gasteiger partial charge on any atom is 0.320 e. The Bertz CT molecular complexity index is 636. The number of carboxylic acids is 1. The van der Waals surface area contributed by atoms with Crippen molar-refractivity contribution in [3.63, 3.8) is 0 Å². The summed E-state index contributed by atoms with van der Waals surface area (Å²) in [6.45, 7) is 3.20. The summed E-state index contributed by atoms with van der Waals surface area (Å²) < 4.78 is 5.72. The minimum absolute atomic E-state index is 0.402. The lowest BCUT2D eigenvalue weighted by molar-refractivity contribution is -0.142.